The van der Waals surface area contributed by atoms with Crippen molar-refractivity contribution in [1.29, 1.82) is 5.26 Å². The maximum Gasteiger partial charge on any atom is 0.0995 e. The molecule has 0 saturated carbocycles. The molecule has 4 nitrogen and oxygen atoms in total. The molecule has 18 heavy (non-hydrogen) atoms. The Morgan fingerprint density at radius 1 is 1.50 bits per heavy atom. The van der Waals surface area contributed by atoms with E-state index in [9.17, 15) is 0 Å². The number of hydrogen-bond acceptors (Lipinski definition) is 4. The van der Waals surface area contributed by atoms with Crippen molar-refractivity contribution in [3.8, 4) is 6.07 Å². The summed E-state index contributed by atoms with van der Waals surface area (Å²) in [6.45, 7) is 4.30. The predicted molar refractivity (Wildman–Crippen MR) is 70.1 cm³/mol. The third kappa shape index (κ3) is 3.54. The second kappa shape index (κ2) is 6.50. The molecule has 1 aliphatic heterocycles. The summed E-state index contributed by atoms with van der Waals surface area (Å²) >= 11 is 0. The molecule has 1 saturated heterocycles. The molecular formula is C14H19N3O. The lowest BCUT2D eigenvalue weighted by atomic mass is 10.1. The summed E-state index contributed by atoms with van der Waals surface area (Å²) in [5.74, 6) is 0. The average molecular weight is 245 g/mol. The monoisotopic (exact) mass is 245 g/mol. The lowest BCUT2D eigenvalue weighted by Gasteiger charge is -2.28. The first-order valence-electron chi connectivity index (χ1n) is 6.28. The third-order valence-electron chi connectivity index (χ3n) is 3.10. The smallest absolute Gasteiger partial charge is 0.0995 e. The van der Waals surface area contributed by atoms with Gasteiger partial charge in [-0.3, -0.25) is 4.90 Å². The molecule has 2 rings (SSSR count). The number of nitriles is 1. The molecule has 1 fully saturated rings. The van der Waals surface area contributed by atoms with Gasteiger partial charge in [0, 0.05) is 26.2 Å². The van der Waals surface area contributed by atoms with E-state index in [4.69, 9.17) is 10.00 Å². The summed E-state index contributed by atoms with van der Waals surface area (Å²) in [7, 11) is 2.06. The van der Waals surface area contributed by atoms with Crippen molar-refractivity contribution in [2.24, 2.45) is 0 Å². The van der Waals surface area contributed by atoms with Gasteiger partial charge < -0.3 is 10.1 Å². The Balaban J connectivity index is 1.90. The second-order valence-electron chi connectivity index (χ2n) is 4.66. The van der Waals surface area contributed by atoms with E-state index < -0.39 is 0 Å². The highest BCUT2D eigenvalue weighted by molar-refractivity contribution is 5.37. The molecule has 4 heteroatoms. The average Bonchev–Trinajstić information content (AvgIpc) is 2.40. The van der Waals surface area contributed by atoms with Gasteiger partial charge in [0.05, 0.1) is 24.3 Å². The minimum Gasteiger partial charge on any atom is -0.374 e. The number of ether oxygens (including phenoxy) is 1. The number of nitrogens with zero attached hydrogens (tertiary/aromatic N) is 2. The van der Waals surface area contributed by atoms with Crippen LogP contribution in [0.3, 0.4) is 0 Å². The second-order valence-corrected chi connectivity index (χ2v) is 4.66. The lowest BCUT2D eigenvalue weighted by Crippen LogP contribution is -2.44. The zero-order chi connectivity index (χ0) is 12.8. The molecule has 1 N–H and O–H groups in total. The Morgan fingerprint density at radius 2 is 2.33 bits per heavy atom. The maximum atomic E-state index is 9.05. The van der Waals surface area contributed by atoms with Gasteiger partial charge in [-0.2, -0.15) is 5.26 Å². The van der Waals surface area contributed by atoms with E-state index in [0.29, 0.717) is 0 Å². The van der Waals surface area contributed by atoms with Crippen LogP contribution in [0.4, 0.5) is 0 Å². The summed E-state index contributed by atoms with van der Waals surface area (Å²) in [6.07, 6.45) is 0.248. The van der Waals surface area contributed by atoms with Crippen LogP contribution in [0.2, 0.25) is 0 Å². The maximum absolute atomic E-state index is 9.05. The Hall–Kier alpha value is -1.41. The Bertz CT molecular complexity index is 421. The standard InChI is InChI=1S/C14H19N3O/c1-17(11-14-9-16-6-7-18-14)10-13-5-3-2-4-12(13)8-15/h2-5,14,16H,6-7,9-11H2,1H3. The molecule has 1 aromatic carbocycles. The van der Waals surface area contributed by atoms with Crippen molar-refractivity contribution in [2.45, 2.75) is 12.6 Å². The van der Waals surface area contributed by atoms with Crippen molar-refractivity contribution >= 4 is 0 Å². The molecule has 1 aromatic rings. The minimum atomic E-state index is 0.248. The summed E-state index contributed by atoms with van der Waals surface area (Å²) in [5.41, 5.74) is 1.83. The highest BCUT2D eigenvalue weighted by Gasteiger charge is 2.16. The van der Waals surface area contributed by atoms with Crippen molar-refractivity contribution in [1.82, 2.24) is 10.2 Å². The van der Waals surface area contributed by atoms with Crippen LogP contribution in [0.15, 0.2) is 24.3 Å². The molecule has 0 spiro atoms. The Labute approximate surface area is 108 Å². The van der Waals surface area contributed by atoms with Crippen LogP contribution in [-0.2, 0) is 11.3 Å². The van der Waals surface area contributed by atoms with Crippen molar-refractivity contribution in [3.63, 3.8) is 0 Å². The van der Waals surface area contributed by atoms with E-state index in [0.717, 1.165) is 43.9 Å². The van der Waals surface area contributed by atoms with Crippen molar-refractivity contribution in [3.05, 3.63) is 35.4 Å². The van der Waals surface area contributed by atoms with Crippen LogP contribution in [0.25, 0.3) is 0 Å². The topological polar surface area (TPSA) is 48.3 Å². The number of hydrogen-bond donors (Lipinski definition) is 1. The summed E-state index contributed by atoms with van der Waals surface area (Å²) in [4.78, 5) is 2.20. The van der Waals surface area contributed by atoms with Crippen molar-refractivity contribution < 1.29 is 4.74 Å². The fourth-order valence-corrected chi connectivity index (χ4v) is 2.21. The zero-order valence-electron chi connectivity index (χ0n) is 10.7. The van der Waals surface area contributed by atoms with Crippen LogP contribution in [0, 0.1) is 11.3 Å². The molecule has 1 atom stereocenters. The molecule has 0 amide bonds. The van der Waals surface area contributed by atoms with Gasteiger partial charge in [-0.25, -0.2) is 0 Å². The first kappa shape index (κ1) is 13.0. The quantitative estimate of drug-likeness (QED) is 0.859. The van der Waals surface area contributed by atoms with E-state index in [1.54, 1.807) is 0 Å². The Morgan fingerprint density at radius 3 is 3.06 bits per heavy atom. The van der Waals surface area contributed by atoms with Crippen molar-refractivity contribution in [2.75, 3.05) is 33.3 Å². The lowest BCUT2D eigenvalue weighted by molar-refractivity contribution is 0.00884. The van der Waals surface area contributed by atoms with E-state index in [2.05, 4.69) is 23.3 Å². The van der Waals surface area contributed by atoms with Gasteiger partial charge in [-0.1, -0.05) is 18.2 Å². The van der Waals surface area contributed by atoms with Crippen LogP contribution < -0.4 is 5.32 Å². The van der Waals surface area contributed by atoms with Gasteiger partial charge in [-0.05, 0) is 18.7 Å². The number of benzene rings is 1. The van der Waals surface area contributed by atoms with Crippen LogP contribution >= 0.6 is 0 Å². The van der Waals surface area contributed by atoms with Crippen LogP contribution in [0.1, 0.15) is 11.1 Å². The summed E-state index contributed by atoms with van der Waals surface area (Å²) in [5, 5.41) is 12.4. The summed E-state index contributed by atoms with van der Waals surface area (Å²) in [6, 6.07) is 9.98. The third-order valence-corrected chi connectivity index (χ3v) is 3.10. The Kier molecular flexibility index (Phi) is 4.71. The van der Waals surface area contributed by atoms with Gasteiger partial charge in [0.1, 0.15) is 0 Å². The molecule has 1 unspecified atom stereocenters. The van der Waals surface area contributed by atoms with E-state index in [-0.39, 0.29) is 6.10 Å². The SMILES string of the molecule is CN(Cc1ccccc1C#N)CC1CNCCO1. The first-order chi connectivity index (χ1) is 8.79. The van der Waals surface area contributed by atoms with Crippen LogP contribution in [0.5, 0.6) is 0 Å². The minimum absolute atomic E-state index is 0.248. The summed E-state index contributed by atoms with van der Waals surface area (Å²) < 4.78 is 5.67. The number of nitrogens with one attached hydrogen (secondary N) is 1. The van der Waals surface area contributed by atoms with Gasteiger partial charge in [0.15, 0.2) is 0 Å². The predicted octanol–water partition coefficient (Wildman–Crippen LogP) is 0.978. The fourth-order valence-electron chi connectivity index (χ4n) is 2.21. The normalized spacial score (nSPS) is 19.7. The first-order valence-corrected chi connectivity index (χ1v) is 6.28. The largest absolute Gasteiger partial charge is 0.374 e. The number of likely N-dealkylation sites (N-methyl/N-ethyl adjacent to an activating group) is 1. The number of rotatable bonds is 4. The van der Waals surface area contributed by atoms with E-state index in [1.165, 1.54) is 0 Å². The van der Waals surface area contributed by atoms with Gasteiger partial charge >= 0.3 is 0 Å². The van der Waals surface area contributed by atoms with Crippen LogP contribution in [-0.4, -0.2) is 44.3 Å². The van der Waals surface area contributed by atoms with Gasteiger partial charge in [-0.15, -0.1) is 0 Å². The molecule has 0 aliphatic carbocycles. The van der Waals surface area contributed by atoms with E-state index >= 15 is 0 Å². The molecule has 0 aromatic heterocycles. The molecule has 0 bridgehead atoms. The molecule has 96 valence electrons. The molecule has 1 heterocycles. The molecule has 0 radical (unpaired) electrons. The molecule has 1 aliphatic rings. The fraction of sp³-hybridized carbons (Fsp3) is 0.500. The zero-order valence-corrected chi connectivity index (χ0v) is 10.7. The van der Waals surface area contributed by atoms with E-state index in [1.807, 2.05) is 24.3 Å². The molecular weight excluding hydrogens is 226 g/mol. The highest BCUT2D eigenvalue weighted by Crippen LogP contribution is 2.10. The highest BCUT2D eigenvalue weighted by atomic mass is 16.5. The van der Waals surface area contributed by atoms with Gasteiger partial charge in [0.2, 0.25) is 0 Å². The van der Waals surface area contributed by atoms with Gasteiger partial charge in [0.25, 0.3) is 0 Å². The number of morpholine rings is 1.